The van der Waals surface area contributed by atoms with Gasteiger partial charge in [-0.1, -0.05) is 12.1 Å². The highest BCUT2D eigenvalue weighted by Crippen LogP contribution is 2.23. The second-order valence-electron chi connectivity index (χ2n) is 4.01. The molecule has 0 fully saturated rings. The fraction of sp³-hybridized carbons (Fsp3) is 0.385. The van der Waals surface area contributed by atoms with Crippen LogP contribution in [0.3, 0.4) is 0 Å². The maximum Gasteiger partial charge on any atom is 0.327 e. The van der Waals surface area contributed by atoms with Crippen LogP contribution in [0.4, 0.5) is 0 Å². The van der Waals surface area contributed by atoms with E-state index in [2.05, 4.69) is 0 Å². The normalized spacial score (nSPS) is 12.0. The van der Waals surface area contributed by atoms with E-state index >= 15 is 0 Å². The van der Waals surface area contributed by atoms with Crippen LogP contribution in [-0.2, 0) is 14.3 Å². The molecule has 1 aromatic rings. The number of benzene rings is 1. The van der Waals surface area contributed by atoms with Gasteiger partial charge < -0.3 is 14.6 Å². The molecule has 0 saturated heterocycles. The van der Waals surface area contributed by atoms with Crippen molar-refractivity contribution in [2.75, 3.05) is 27.8 Å². The summed E-state index contributed by atoms with van der Waals surface area (Å²) in [5.74, 6) is -0.855. The molecule has 0 amide bonds. The van der Waals surface area contributed by atoms with Crippen molar-refractivity contribution in [2.24, 2.45) is 0 Å². The molecule has 0 aliphatic carbocycles. The first-order chi connectivity index (χ1) is 8.99. The Kier molecular flexibility index (Phi) is 5.32. The molecule has 0 aromatic heterocycles. The van der Waals surface area contributed by atoms with Crippen molar-refractivity contribution in [2.45, 2.75) is 6.04 Å². The van der Waals surface area contributed by atoms with E-state index in [0.29, 0.717) is 11.3 Å². The minimum Gasteiger partial charge on any atom is -0.497 e. The van der Waals surface area contributed by atoms with Gasteiger partial charge in [0.1, 0.15) is 11.8 Å². The van der Waals surface area contributed by atoms with Gasteiger partial charge in [-0.05, 0) is 24.7 Å². The van der Waals surface area contributed by atoms with Crippen LogP contribution in [-0.4, -0.2) is 49.8 Å². The third-order valence-corrected chi connectivity index (χ3v) is 2.68. The summed E-state index contributed by atoms with van der Waals surface area (Å²) in [6.45, 7) is -0.258. The van der Waals surface area contributed by atoms with Gasteiger partial charge >= 0.3 is 11.9 Å². The molecule has 0 heterocycles. The Morgan fingerprint density at radius 3 is 2.26 bits per heavy atom. The van der Waals surface area contributed by atoms with Crippen molar-refractivity contribution in [3.05, 3.63) is 29.8 Å². The Labute approximate surface area is 111 Å². The van der Waals surface area contributed by atoms with Crippen molar-refractivity contribution >= 4 is 11.9 Å². The molecule has 6 heteroatoms. The van der Waals surface area contributed by atoms with Crippen LogP contribution < -0.4 is 4.74 Å². The molecule has 1 aromatic carbocycles. The van der Waals surface area contributed by atoms with Gasteiger partial charge in [-0.15, -0.1) is 0 Å². The van der Waals surface area contributed by atoms with Gasteiger partial charge in [0.15, 0.2) is 0 Å². The van der Waals surface area contributed by atoms with Crippen LogP contribution in [0.15, 0.2) is 24.3 Å². The fourth-order valence-corrected chi connectivity index (χ4v) is 1.77. The van der Waals surface area contributed by atoms with E-state index in [4.69, 9.17) is 14.6 Å². The van der Waals surface area contributed by atoms with Crippen molar-refractivity contribution in [3.8, 4) is 5.75 Å². The summed E-state index contributed by atoms with van der Waals surface area (Å²) >= 11 is 0. The Morgan fingerprint density at radius 2 is 1.84 bits per heavy atom. The van der Waals surface area contributed by atoms with E-state index in [9.17, 15) is 9.59 Å². The topological polar surface area (TPSA) is 76.1 Å². The summed E-state index contributed by atoms with van der Waals surface area (Å²) in [4.78, 5) is 24.0. The lowest BCUT2D eigenvalue weighted by atomic mass is 10.1. The maximum absolute atomic E-state index is 11.8. The number of carboxylic acids is 1. The minimum absolute atomic E-state index is 0.258. The molecule has 1 unspecified atom stereocenters. The zero-order chi connectivity index (χ0) is 14.4. The quantitative estimate of drug-likeness (QED) is 0.773. The number of aliphatic carboxylic acids is 1. The van der Waals surface area contributed by atoms with Crippen molar-refractivity contribution in [1.82, 2.24) is 4.90 Å². The summed E-state index contributed by atoms with van der Waals surface area (Å²) in [6.07, 6.45) is 0. The molecule has 1 rings (SSSR count). The first-order valence-electron chi connectivity index (χ1n) is 5.63. The molecule has 6 nitrogen and oxygen atoms in total. The number of carbonyl (C=O) groups excluding carboxylic acids is 1. The molecule has 0 radical (unpaired) electrons. The Hall–Kier alpha value is -2.08. The predicted octanol–water partition coefficient (Wildman–Crippen LogP) is 0.926. The van der Waals surface area contributed by atoms with Crippen molar-refractivity contribution < 1.29 is 24.2 Å². The summed E-state index contributed by atoms with van der Waals surface area (Å²) < 4.78 is 9.76. The Morgan fingerprint density at radius 1 is 1.26 bits per heavy atom. The van der Waals surface area contributed by atoms with Crippen LogP contribution >= 0.6 is 0 Å². The smallest absolute Gasteiger partial charge is 0.327 e. The molecule has 0 aliphatic heterocycles. The van der Waals surface area contributed by atoms with Gasteiger partial charge in [0.25, 0.3) is 0 Å². The fourth-order valence-electron chi connectivity index (χ4n) is 1.77. The number of methoxy groups -OCH3 is 2. The monoisotopic (exact) mass is 267 g/mol. The highest BCUT2D eigenvalue weighted by atomic mass is 16.5. The number of nitrogens with zero attached hydrogens (tertiary/aromatic N) is 1. The molecule has 0 bridgehead atoms. The average Bonchev–Trinajstić information content (AvgIpc) is 2.38. The van der Waals surface area contributed by atoms with E-state index in [-0.39, 0.29) is 6.54 Å². The third-order valence-electron chi connectivity index (χ3n) is 2.68. The zero-order valence-electron chi connectivity index (χ0n) is 11.1. The number of esters is 1. The number of ether oxygens (including phenoxy) is 2. The maximum atomic E-state index is 11.8. The minimum atomic E-state index is -1.01. The number of hydrogen-bond donors (Lipinski definition) is 1. The summed E-state index contributed by atoms with van der Waals surface area (Å²) in [7, 11) is 4.37. The molecule has 0 aliphatic rings. The van der Waals surface area contributed by atoms with E-state index in [0.717, 1.165) is 0 Å². The van der Waals surface area contributed by atoms with Gasteiger partial charge in [0, 0.05) is 0 Å². The highest BCUT2D eigenvalue weighted by molar-refractivity contribution is 5.78. The molecule has 1 N–H and O–H groups in total. The van der Waals surface area contributed by atoms with Gasteiger partial charge in [0.05, 0.1) is 20.8 Å². The standard InChI is InChI=1S/C13H17NO5/c1-14(8-11(15)16)12(13(17)19-3)9-4-6-10(18-2)7-5-9/h4-7,12H,8H2,1-3H3,(H,15,16). The molecule has 1 atom stereocenters. The molecule has 0 saturated carbocycles. The largest absolute Gasteiger partial charge is 0.497 e. The number of carboxylic acid groups (broad SMARTS) is 1. The van der Waals surface area contributed by atoms with Gasteiger partial charge in [-0.3, -0.25) is 9.69 Å². The number of rotatable bonds is 6. The predicted molar refractivity (Wildman–Crippen MR) is 68.0 cm³/mol. The van der Waals surface area contributed by atoms with Crippen LogP contribution in [0.25, 0.3) is 0 Å². The lowest BCUT2D eigenvalue weighted by Gasteiger charge is -2.24. The van der Waals surface area contributed by atoms with Gasteiger partial charge in [-0.25, -0.2) is 4.79 Å². The second kappa shape index (κ2) is 6.75. The van der Waals surface area contributed by atoms with E-state index in [1.54, 1.807) is 38.4 Å². The van der Waals surface area contributed by atoms with E-state index in [1.807, 2.05) is 0 Å². The first-order valence-corrected chi connectivity index (χ1v) is 5.63. The first kappa shape index (κ1) is 15.0. The van der Waals surface area contributed by atoms with Gasteiger partial charge in [0.2, 0.25) is 0 Å². The van der Waals surface area contributed by atoms with Gasteiger partial charge in [-0.2, -0.15) is 0 Å². The van der Waals surface area contributed by atoms with Crippen molar-refractivity contribution in [1.29, 1.82) is 0 Å². The third kappa shape index (κ3) is 3.96. The Balaban J connectivity index is 3.01. The van der Waals surface area contributed by atoms with Crippen LogP contribution in [0, 0.1) is 0 Å². The molecular formula is C13H17NO5. The number of hydrogen-bond acceptors (Lipinski definition) is 5. The lowest BCUT2D eigenvalue weighted by Crippen LogP contribution is -2.35. The zero-order valence-corrected chi connectivity index (χ0v) is 11.1. The molecule has 104 valence electrons. The van der Waals surface area contributed by atoms with E-state index < -0.39 is 18.0 Å². The SMILES string of the molecule is COC(=O)C(c1ccc(OC)cc1)N(C)CC(=O)O. The number of likely N-dealkylation sites (N-methyl/N-ethyl adjacent to an activating group) is 1. The van der Waals surface area contributed by atoms with Crippen LogP contribution in [0.2, 0.25) is 0 Å². The second-order valence-corrected chi connectivity index (χ2v) is 4.01. The molecule has 0 spiro atoms. The van der Waals surface area contributed by atoms with E-state index in [1.165, 1.54) is 12.0 Å². The van der Waals surface area contributed by atoms with Crippen LogP contribution in [0.5, 0.6) is 5.75 Å². The summed E-state index contributed by atoms with van der Waals surface area (Å²) in [6, 6.07) is 6.07. The summed E-state index contributed by atoms with van der Waals surface area (Å²) in [5, 5.41) is 8.80. The van der Waals surface area contributed by atoms with Crippen molar-refractivity contribution in [3.63, 3.8) is 0 Å². The lowest BCUT2D eigenvalue weighted by molar-refractivity contribution is -0.148. The molecular weight excluding hydrogens is 250 g/mol. The number of carbonyl (C=O) groups is 2. The molecule has 19 heavy (non-hydrogen) atoms. The van der Waals surface area contributed by atoms with Crippen LogP contribution in [0.1, 0.15) is 11.6 Å². The Bertz CT molecular complexity index is 443. The summed E-state index contributed by atoms with van der Waals surface area (Å²) in [5.41, 5.74) is 0.649. The highest BCUT2D eigenvalue weighted by Gasteiger charge is 2.27. The average molecular weight is 267 g/mol.